The number of halogens is 3. The lowest BCUT2D eigenvalue weighted by atomic mass is 9.85. The standard InChI is InChI=1S/C24H33F3N6O3/c1-23(2,3)19(33-22(36)24(25,26)27)21(35)31-17(10-13-8-9-13)20(34)32-18(12-29)15(11-28)14-6-4-5-7-16(14)30/h4-7,13,15,17-19H,8-11,28,30H2,1-3H3,(H,31,35)(H,32,34)(H,33,36). The van der Waals surface area contributed by atoms with E-state index in [9.17, 15) is 32.8 Å². The molecule has 1 saturated carbocycles. The van der Waals surface area contributed by atoms with E-state index in [1.54, 1.807) is 29.6 Å². The van der Waals surface area contributed by atoms with Crippen molar-refractivity contribution in [3.63, 3.8) is 0 Å². The van der Waals surface area contributed by atoms with Crippen molar-refractivity contribution in [2.75, 3.05) is 12.3 Å². The molecule has 4 atom stereocenters. The lowest BCUT2D eigenvalue weighted by Gasteiger charge is -2.32. The van der Waals surface area contributed by atoms with E-state index in [2.05, 4.69) is 10.6 Å². The number of carbonyl (C=O) groups excluding carboxylic acids is 3. The molecule has 3 amide bonds. The molecule has 1 aromatic rings. The van der Waals surface area contributed by atoms with Crippen LogP contribution in [-0.4, -0.2) is 48.6 Å². The summed E-state index contributed by atoms with van der Waals surface area (Å²) in [5.74, 6) is -4.35. The third-order valence-corrected chi connectivity index (χ3v) is 6.05. The molecule has 0 spiro atoms. The van der Waals surface area contributed by atoms with E-state index >= 15 is 0 Å². The van der Waals surface area contributed by atoms with E-state index in [0.717, 1.165) is 12.8 Å². The van der Waals surface area contributed by atoms with Crippen molar-refractivity contribution in [1.82, 2.24) is 16.0 Å². The molecule has 1 fully saturated rings. The summed E-state index contributed by atoms with van der Waals surface area (Å²) in [7, 11) is 0. The number of nitrogens with two attached hydrogens (primary N) is 2. The van der Waals surface area contributed by atoms with Gasteiger partial charge in [0.05, 0.1) is 6.07 Å². The van der Waals surface area contributed by atoms with Crippen molar-refractivity contribution >= 4 is 23.4 Å². The van der Waals surface area contributed by atoms with Crippen LogP contribution in [-0.2, 0) is 14.4 Å². The maximum Gasteiger partial charge on any atom is 0.471 e. The molecule has 0 radical (unpaired) electrons. The van der Waals surface area contributed by atoms with Gasteiger partial charge in [0.25, 0.3) is 0 Å². The van der Waals surface area contributed by atoms with Crippen LogP contribution in [0.1, 0.15) is 51.5 Å². The molecule has 0 bridgehead atoms. The Morgan fingerprint density at radius 1 is 1.08 bits per heavy atom. The molecule has 0 saturated heterocycles. The normalized spacial score (nSPS) is 17.2. The number of amides is 3. The Hall–Kier alpha value is -3.33. The highest BCUT2D eigenvalue weighted by Crippen LogP contribution is 2.34. The van der Waals surface area contributed by atoms with E-state index < -0.39 is 53.4 Å². The highest BCUT2D eigenvalue weighted by Gasteiger charge is 2.44. The Labute approximate surface area is 208 Å². The van der Waals surface area contributed by atoms with Crippen LogP contribution in [0.15, 0.2) is 24.3 Å². The van der Waals surface area contributed by atoms with Crippen LogP contribution in [0.2, 0.25) is 0 Å². The van der Waals surface area contributed by atoms with Crippen molar-refractivity contribution < 1.29 is 27.6 Å². The second-order valence-corrected chi connectivity index (χ2v) is 10.1. The number of hydrogen-bond acceptors (Lipinski definition) is 6. The number of rotatable bonds is 10. The zero-order valence-corrected chi connectivity index (χ0v) is 20.5. The van der Waals surface area contributed by atoms with Crippen LogP contribution in [0.5, 0.6) is 0 Å². The molecular weight excluding hydrogens is 477 g/mol. The average molecular weight is 511 g/mol. The van der Waals surface area contributed by atoms with Gasteiger partial charge < -0.3 is 27.4 Å². The molecule has 0 aromatic heterocycles. The molecule has 4 unspecified atom stereocenters. The van der Waals surface area contributed by atoms with Crippen molar-refractivity contribution in [1.29, 1.82) is 5.26 Å². The Kier molecular flexibility index (Phi) is 9.32. The van der Waals surface area contributed by atoms with Crippen molar-refractivity contribution in [2.45, 2.75) is 70.3 Å². The maximum absolute atomic E-state index is 13.2. The van der Waals surface area contributed by atoms with Crippen LogP contribution in [0.3, 0.4) is 0 Å². The van der Waals surface area contributed by atoms with E-state index in [1.807, 2.05) is 6.07 Å². The number of nitrogen functional groups attached to an aromatic ring is 1. The fourth-order valence-electron chi connectivity index (χ4n) is 3.83. The Morgan fingerprint density at radius 2 is 1.69 bits per heavy atom. The first-order valence-electron chi connectivity index (χ1n) is 11.6. The number of nitrogens with zero attached hydrogens (tertiary/aromatic N) is 1. The highest BCUT2D eigenvalue weighted by molar-refractivity contribution is 5.93. The summed E-state index contributed by atoms with van der Waals surface area (Å²) < 4.78 is 38.5. The molecule has 1 aromatic carbocycles. The summed E-state index contributed by atoms with van der Waals surface area (Å²) in [6, 6.07) is 5.04. The molecule has 9 nitrogen and oxygen atoms in total. The topological polar surface area (TPSA) is 163 Å². The van der Waals surface area contributed by atoms with Gasteiger partial charge in [0.15, 0.2) is 0 Å². The lowest BCUT2D eigenvalue weighted by molar-refractivity contribution is -0.175. The zero-order chi connectivity index (χ0) is 27.3. The van der Waals surface area contributed by atoms with Gasteiger partial charge in [-0.25, -0.2) is 0 Å². The molecule has 198 valence electrons. The average Bonchev–Trinajstić information content (AvgIpc) is 3.60. The summed E-state index contributed by atoms with van der Waals surface area (Å²) >= 11 is 0. The molecule has 36 heavy (non-hydrogen) atoms. The predicted octanol–water partition coefficient (Wildman–Crippen LogP) is 1.70. The van der Waals surface area contributed by atoms with Gasteiger partial charge in [0.1, 0.15) is 18.1 Å². The third-order valence-electron chi connectivity index (χ3n) is 6.05. The van der Waals surface area contributed by atoms with Crippen molar-refractivity contribution in [3.05, 3.63) is 29.8 Å². The Bertz CT molecular complexity index is 998. The van der Waals surface area contributed by atoms with E-state index in [0.29, 0.717) is 11.3 Å². The van der Waals surface area contributed by atoms with Crippen molar-refractivity contribution in [2.24, 2.45) is 17.1 Å². The number of benzene rings is 1. The van der Waals surface area contributed by atoms with Crippen LogP contribution in [0.4, 0.5) is 18.9 Å². The first-order chi connectivity index (χ1) is 16.7. The third kappa shape index (κ3) is 7.84. The van der Waals surface area contributed by atoms with Gasteiger partial charge in [0, 0.05) is 18.2 Å². The van der Waals surface area contributed by atoms with E-state index in [4.69, 9.17) is 11.5 Å². The predicted molar refractivity (Wildman–Crippen MR) is 127 cm³/mol. The summed E-state index contributed by atoms with van der Waals surface area (Å²) in [6.07, 6.45) is -3.27. The second kappa shape index (κ2) is 11.6. The Balaban J connectivity index is 2.23. The maximum atomic E-state index is 13.2. The number of nitrogens with one attached hydrogen (secondary N) is 3. The molecule has 12 heteroatoms. The first kappa shape index (κ1) is 28.9. The molecule has 0 heterocycles. The molecule has 1 aliphatic rings. The first-order valence-corrected chi connectivity index (χ1v) is 11.6. The fourth-order valence-corrected chi connectivity index (χ4v) is 3.83. The quantitative estimate of drug-likeness (QED) is 0.301. The number of para-hydroxylation sites is 1. The van der Waals surface area contributed by atoms with Crippen LogP contribution >= 0.6 is 0 Å². The van der Waals surface area contributed by atoms with Crippen LogP contribution in [0.25, 0.3) is 0 Å². The number of carbonyl (C=O) groups is 3. The van der Waals surface area contributed by atoms with Gasteiger partial charge in [0.2, 0.25) is 11.8 Å². The largest absolute Gasteiger partial charge is 0.471 e. The minimum Gasteiger partial charge on any atom is -0.398 e. The highest BCUT2D eigenvalue weighted by atomic mass is 19.4. The smallest absolute Gasteiger partial charge is 0.398 e. The second-order valence-electron chi connectivity index (χ2n) is 10.1. The Morgan fingerprint density at radius 3 is 2.17 bits per heavy atom. The summed E-state index contributed by atoms with van der Waals surface area (Å²) in [5, 5.41) is 16.6. The van der Waals surface area contributed by atoms with Gasteiger partial charge in [-0.3, -0.25) is 14.4 Å². The van der Waals surface area contributed by atoms with Gasteiger partial charge in [-0.1, -0.05) is 51.8 Å². The van der Waals surface area contributed by atoms with Gasteiger partial charge in [-0.05, 0) is 29.4 Å². The molecule has 1 aliphatic carbocycles. The van der Waals surface area contributed by atoms with E-state index in [1.165, 1.54) is 20.8 Å². The monoisotopic (exact) mass is 510 g/mol. The SMILES string of the molecule is CC(C)(C)C(NC(=O)C(F)(F)F)C(=O)NC(CC1CC1)C(=O)NC(C#N)C(CN)c1ccccc1N. The molecule has 7 N–H and O–H groups in total. The minimum absolute atomic E-state index is 0.00193. The number of nitriles is 1. The zero-order valence-electron chi connectivity index (χ0n) is 20.5. The summed E-state index contributed by atoms with van der Waals surface area (Å²) in [5.41, 5.74) is 11.8. The summed E-state index contributed by atoms with van der Waals surface area (Å²) in [4.78, 5) is 37.7. The number of alkyl halides is 3. The summed E-state index contributed by atoms with van der Waals surface area (Å²) in [6.45, 7) is 4.48. The fraction of sp³-hybridized carbons (Fsp3) is 0.583. The molecule has 0 aliphatic heterocycles. The molecular formula is C24H33F3N6O3. The van der Waals surface area contributed by atoms with Gasteiger partial charge in [-0.15, -0.1) is 0 Å². The number of anilines is 1. The van der Waals surface area contributed by atoms with Crippen LogP contribution in [0, 0.1) is 22.7 Å². The van der Waals surface area contributed by atoms with Gasteiger partial charge >= 0.3 is 12.1 Å². The van der Waals surface area contributed by atoms with E-state index in [-0.39, 0.29) is 18.9 Å². The van der Waals surface area contributed by atoms with Crippen LogP contribution < -0.4 is 27.4 Å². The number of hydrogen-bond donors (Lipinski definition) is 5. The van der Waals surface area contributed by atoms with Gasteiger partial charge in [-0.2, -0.15) is 18.4 Å². The van der Waals surface area contributed by atoms with Crippen molar-refractivity contribution in [3.8, 4) is 6.07 Å². The minimum atomic E-state index is -5.18. The molecule has 2 rings (SSSR count). The lowest BCUT2D eigenvalue weighted by Crippen LogP contribution is -2.60.